The summed E-state index contributed by atoms with van der Waals surface area (Å²) < 4.78 is 0. The van der Waals surface area contributed by atoms with Gasteiger partial charge in [-0.3, -0.25) is 9.59 Å². The molecule has 1 aliphatic rings. The quantitative estimate of drug-likeness (QED) is 0.901. The number of nitrogens with zero attached hydrogens (tertiary/aromatic N) is 2. The molecular formula is C16H22N2O3. The first-order valence-corrected chi connectivity index (χ1v) is 7.23. The Hall–Kier alpha value is -1.88. The molecule has 1 heterocycles. The van der Waals surface area contributed by atoms with Crippen molar-refractivity contribution in [2.24, 2.45) is 0 Å². The Morgan fingerprint density at radius 2 is 1.76 bits per heavy atom. The summed E-state index contributed by atoms with van der Waals surface area (Å²) in [7, 11) is 0. The number of carbonyl (C=O) groups is 2. The lowest BCUT2D eigenvalue weighted by atomic mass is 10.0. The third kappa shape index (κ3) is 3.42. The SMILES string of the molecule is CCN1CC(=O)N(CC(O)c2cc(C)ccc2C)CC1=O. The van der Waals surface area contributed by atoms with Gasteiger partial charge in [-0.05, 0) is 31.9 Å². The minimum Gasteiger partial charge on any atom is -0.387 e. The molecule has 0 saturated carbocycles. The van der Waals surface area contributed by atoms with Gasteiger partial charge in [0.2, 0.25) is 11.8 Å². The van der Waals surface area contributed by atoms with Gasteiger partial charge >= 0.3 is 0 Å². The Balaban J connectivity index is 2.09. The maximum Gasteiger partial charge on any atom is 0.242 e. The van der Waals surface area contributed by atoms with E-state index in [-0.39, 0.29) is 31.4 Å². The average molecular weight is 290 g/mol. The van der Waals surface area contributed by atoms with E-state index >= 15 is 0 Å². The fraction of sp³-hybridized carbons (Fsp3) is 0.500. The Morgan fingerprint density at radius 1 is 1.14 bits per heavy atom. The van der Waals surface area contributed by atoms with Crippen LogP contribution >= 0.6 is 0 Å². The van der Waals surface area contributed by atoms with Crippen molar-refractivity contribution in [2.75, 3.05) is 26.2 Å². The third-order valence-electron chi connectivity index (χ3n) is 3.93. The standard InChI is InChI=1S/C16H22N2O3/c1-4-17-9-16(21)18(10-15(17)20)8-14(19)13-7-11(2)5-6-12(13)3/h5-7,14,19H,4,8-10H2,1-3H3. The van der Waals surface area contributed by atoms with Crippen LogP contribution in [-0.4, -0.2) is 52.9 Å². The van der Waals surface area contributed by atoms with E-state index in [1.54, 1.807) is 0 Å². The van der Waals surface area contributed by atoms with E-state index in [1.165, 1.54) is 9.80 Å². The van der Waals surface area contributed by atoms with Crippen molar-refractivity contribution in [3.05, 3.63) is 34.9 Å². The first-order chi connectivity index (χ1) is 9.92. The second kappa shape index (κ2) is 6.26. The van der Waals surface area contributed by atoms with Crippen LogP contribution in [-0.2, 0) is 9.59 Å². The van der Waals surface area contributed by atoms with E-state index in [0.717, 1.165) is 16.7 Å². The molecule has 0 aromatic heterocycles. The summed E-state index contributed by atoms with van der Waals surface area (Å²) in [5.74, 6) is -0.175. The van der Waals surface area contributed by atoms with E-state index in [9.17, 15) is 14.7 Å². The highest BCUT2D eigenvalue weighted by atomic mass is 16.3. The summed E-state index contributed by atoms with van der Waals surface area (Å²) in [4.78, 5) is 26.9. The number of rotatable bonds is 4. The number of carbonyl (C=O) groups excluding carboxylic acids is 2. The van der Waals surface area contributed by atoms with Gasteiger partial charge in [-0.15, -0.1) is 0 Å². The maximum atomic E-state index is 12.0. The molecule has 1 aromatic rings. The summed E-state index contributed by atoms with van der Waals surface area (Å²) in [6.45, 7) is 6.60. The van der Waals surface area contributed by atoms with Crippen molar-refractivity contribution in [3.8, 4) is 0 Å². The van der Waals surface area contributed by atoms with Gasteiger partial charge in [-0.1, -0.05) is 23.8 Å². The number of hydrogen-bond donors (Lipinski definition) is 1. The largest absolute Gasteiger partial charge is 0.387 e. The monoisotopic (exact) mass is 290 g/mol. The summed E-state index contributed by atoms with van der Waals surface area (Å²) in [5, 5.41) is 10.4. The van der Waals surface area contributed by atoms with Crippen molar-refractivity contribution in [1.82, 2.24) is 9.80 Å². The molecule has 5 nitrogen and oxygen atoms in total. The van der Waals surface area contributed by atoms with Gasteiger partial charge < -0.3 is 14.9 Å². The summed E-state index contributed by atoms with van der Waals surface area (Å²) >= 11 is 0. The Labute approximate surface area is 125 Å². The lowest BCUT2D eigenvalue weighted by molar-refractivity contribution is -0.151. The summed E-state index contributed by atoms with van der Waals surface area (Å²) in [6.07, 6.45) is -0.769. The van der Waals surface area contributed by atoms with Crippen LogP contribution in [0, 0.1) is 13.8 Å². The van der Waals surface area contributed by atoms with Gasteiger partial charge in [-0.2, -0.15) is 0 Å². The van der Waals surface area contributed by atoms with E-state index in [1.807, 2.05) is 39.0 Å². The Bertz CT molecular complexity index is 556. The molecule has 1 unspecified atom stereocenters. The number of aryl methyl sites for hydroxylation is 2. The first kappa shape index (κ1) is 15.5. The lowest BCUT2D eigenvalue weighted by Gasteiger charge is -2.34. The normalized spacial score (nSPS) is 17.3. The second-order valence-corrected chi connectivity index (χ2v) is 5.56. The number of likely N-dealkylation sites (N-methyl/N-ethyl adjacent to an activating group) is 1. The zero-order valence-corrected chi connectivity index (χ0v) is 12.8. The topological polar surface area (TPSA) is 60.9 Å². The molecule has 1 fully saturated rings. The molecule has 0 spiro atoms. The molecular weight excluding hydrogens is 268 g/mol. The number of aliphatic hydroxyl groups is 1. The van der Waals surface area contributed by atoms with Gasteiger partial charge in [0, 0.05) is 6.54 Å². The van der Waals surface area contributed by atoms with Gasteiger partial charge in [0.15, 0.2) is 0 Å². The van der Waals surface area contributed by atoms with Crippen LogP contribution in [0.15, 0.2) is 18.2 Å². The van der Waals surface area contributed by atoms with E-state index < -0.39 is 6.10 Å². The highest BCUT2D eigenvalue weighted by molar-refractivity contribution is 5.92. The molecule has 0 radical (unpaired) electrons. The van der Waals surface area contributed by atoms with Crippen LogP contribution < -0.4 is 0 Å². The lowest BCUT2D eigenvalue weighted by Crippen LogP contribution is -2.54. The van der Waals surface area contributed by atoms with Crippen LogP contribution in [0.3, 0.4) is 0 Å². The number of aliphatic hydroxyl groups excluding tert-OH is 1. The molecule has 0 bridgehead atoms. The molecule has 2 amide bonds. The molecule has 0 aliphatic carbocycles. The molecule has 1 saturated heterocycles. The van der Waals surface area contributed by atoms with Crippen LogP contribution in [0.25, 0.3) is 0 Å². The van der Waals surface area contributed by atoms with Crippen LogP contribution in [0.4, 0.5) is 0 Å². The molecule has 5 heteroatoms. The minimum atomic E-state index is -0.769. The van der Waals surface area contributed by atoms with Crippen molar-refractivity contribution in [2.45, 2.75) is 26.9 Å². The number of hydrogen-bond acceptors (Lipinski definition) is 3. The summed E-state index contributed by atoms with van der Waals surface area (Å²) in [6, 6.07) is 5.87. The van der Waals surface area contributed by atoms with Crippen molar-refractivity contribution in [1.29, 1.82) is 0 Å². The van der Waals surface area contributed by atoms with Crippen LogP contribution in [0.2, 0.25) is 0 Å². The number of β-amino-alcohol motifs (C(OH)–C–C–N with tert-alkyl or cyclic N) is 1. The Kier molecular flexibility index (Phi) is 4.63. The highest BCUT2D eigenvalue weighted by Gasteiger charge is 2.30. The van der Waals surface area contributed by atoms with Gasteiger partial charge in [0.25, 0.3) is 0 Å². The summed E-state index contributed by atoms with van der Waals surface area (Å²) in [5.41, 5.74) is 2.86. The fourth-order valence-electron chi connectivity index (χ4n) is 2.58. The first-order valence-electron chi connectivity index (χ1n) is 7.23. The van der Waals surface area contributed by atoms with E-state index in [4.69, 9.17) is 0 Å². The number of amides is 2. The zero-order chi connectivity index (χ0) is 15.6. The molecule has 1 aromatic carbocycles. The van der Waals surface area contributed by atoms with Crippen molar-refractivity contribution in [3.63, 3.8) is 0 Å². The molecule has 1 aliphatic heterocycles. The minimum absolute atomic E-state index is 0.0502. The molecule has 114 valence electrons. The number of benzene rings is 1. The van der Waals surface area contributed by atoms with Gasteiger partial charge in [0.1, 0.15) is 0 Å². The predicted molar refractivity (Wildman–Crippen MR) is 79.7 cm³/mol. The molecule has 1 N–H and O–H groups in total. The predicted octanol–water partition coefficient (Wildman–Crippen LogP) is 1.03. The smallest absolute Gasteiger partial charge is 0.242 e. The zero-order valence-electron chi connectivity index (χ0n) is 12.8. The third-order valence-corrected chi connectivity index (χ3v) is 3.93. The molecule has 21 heavy (non-hydrogen) atoms. The van der Waals surface area contributed by atoms with E-state index in [0.29, 0.717) is 6.54 Å². The maximum absolute atomic E-state index is 12.0. The van der Waals surface area contributed by atoms with E-state index in [2.05, 4.69) is 0 Å². The van der Waals surface area contributed by atoms with Crippen LogP contribution in [0.1, 0.15) is 29.7 Å². The molecule has 2 rings (SSSR count). The van der Waals surface area contributed by atoms with Crippen LogP contribution in [0.5, 0.6) is 0 Å². The second-order valence-electron chi connectivity index (χ2n) is 5.56. The molecule has 1 atom stereocenters. The number of piperazine rings is 1. The Morgan fingerprint density at radius 3 is 2.43 bits per heavy atom. The average Bonchev–Trinajstić information content (AvgIpc) is 2.45. The van der Waals surface area contributed by atoms with Crippen molar-refractivity contribution >= 4 is 11.8 Å². The fourth-order valence-corrected chi connectivity index (χ4v) is 2.58. The van der Waals surface area contributed by atoms with Crippen molar-refractivity contribution < 1.29 is 14.7 Å². The highest BCUT2D eigenvalue weighted by Crippen LogP contribution is 2.21. The van der Waals surface area contributed by atoms with Gasteiger partial charge in [0.05, 0.1) is 25.7 Å². The van der Waals surface area contributed by atoms with Gasteiger partial charge in [-0.25, -0.2) is 0 Å².